The summed E-state index contributed by atoms with van der Waals surface area (Å²) in [5.41, 5.74) is 2.60. The Kier molecular flexibility index (Phi) is 4.70. The standard InChI is InChI=1S/C12H9BrClIS/c13-10(5-8-3-4-16-7-8)9-1-2-12(15)11(14)6-9/h1-4,6-7,10H,5H2. The maximum atomic E-state index is 6.11. The van der Waals surface area contributed by atoms with Crippen LogP contribution in [0.25, 0.3) is 0 Å². The van der Waals surface area contributed by atoms with Crippen LogP contribution in [-0.2, 0) is 6.42 Å². The van der Waals surface area contributed by atoms with E-state index in [1.54, 1.807) is 11.3 Å². The minimum Gasteiger partial charge on any atom is -0.152 e. The Hall–Kier alpha value is 0.420. The third-order valence-corrected chi connectivity index (χ3v) is 5.46. The Labute approximate surface area is 126 Å². The molecule has 0 radical (unpaired) electrons. The van der Waals surface area contributed by atoms with E-state index in [4.69, 9.17) is 11.6 Å². The highest BCUT2D eigenvalue weighted by atomic mass is 127. The lowest BCUT2D eigenvalue weighted by molar-refractivity contribution is 0.954. The van der Waals surface area contributed by atoms with Gasteiger partial charge in [-0.1, -0.05) is 33.6 Å². The first-order chi connectivity index (χ1) is 7.66. The van der Waals surface area contributed by atoms with Crippen LogP contribution in [0.15, 0.2) is 35.0 Å². The van der Waals surface area contributed by atoms with Crippen LogP contribution in [0, 0.1) is 3.57 Å². The van der Waals surface area contributed by atoms with Gasteiger partial charge in [0.2, 0.25) is 0 Å². The molecule has 1 unspecified atom stereocenters. The lowest BCUT2D eigenvalue weighted by atomic mass is 10.1. The third-order valence-electron chi connectivity index (χ3n) is 2.30. The zero-order valence-electron chi connectivity index (χ0n) is 8.29. The van der Waals surface area contributed by atoms with Crippen molar-refractivity contribution in [3.05, 3.63) is 54.7 Å². The molecular formula is C12H9BrClIS. The number of halogens is 3. The van der Waals surface area contributed by atoms with Crippen LogP contribution in [0.1, 0.15) is 16.0 Å². The molecule has 4 heteroatoms. The van der Waals surface area contributed by atoms with Crippen LogP contribution in [0.3, 0.4) is 0 Å². The summed E-state index contributed by atoms with van der Waals surface area (Å²) < 4.78 is 1.10. The van der Waals surface area contributed by atoms with Gasteiger partial charge in [-0.05, 0) is 69.1 Å². The van der Waals surface area contributed by atoms with Gasteiger partial charge in [-0.3, -0.25) is 0 Å². The topological polar surface area (TPSA) is 0 Å². The molecule has 1 aromatic heterocycles. The van der Waals surface area contributed by atoms with Crippen molar-refractivity contribution in [3.63, 3.8) is 0 Å². The maximum Gasteiger partial charge on any atom is 0.0542 e. The molecule has 0 aliphatic carbocycles. The Balaban J connectivity index is 2.14. The fraction of sp³-hybridized carbons (Fsp3) is 0.167. The average molecular weight is 428 g/mol. The first-order valence-corrected chi connectivity index (χ1v) is 8.08. The van der Waals surface area contributed by atoms with E-state index < -0.39 is 0 Å². The van der Waals surface area contributed by atoms with Crippen LogP contribution in [0.4, 0.5) is 0 Å². The van der Waals surface area contributed by atoms with Crippen molar-refractivity contribution in [1.29, 1.82) is 0 Å². The number of thiophene rings is 1. The zero-order valence-corrected chi connectivity index (χ0v) is 13.6. The van der Waals surface area contributed by atoms with Crippen LogP contribution in [-0.4, -0.2) is 0 Å². The minimum absolute atomic E-state index is 0.330. The zero-order chi connectivity index (χ0) is 11.5. The van der Waals surface area contributed by atoms with Crippen LogP contribution in [0.5, 0.6) is 0 Å². The number of alkyl halides is 1. The molecule has 84 valence electrons. The minimum atomic E-state index is 0.330. The number of rotatable bonds is 3. The van der Waals surface area contributed by atoms with E-state index in [2.05, 4.69) is 67.5 Å². The molecule has 0 amide bonds. The number of hydrogen-bond acceptors (Lipinski definition) is 1. The fourth-order valence-corrected chi connectivity index (χ4v) is 3.31. The molecule has 0 nitrogen and oxygen atoms in total. The highest BCUT2D eigenvalue weighted by Crippen LogP contribution is 2.31. The average Bonchev–Trinajstić information content (AvgIpc) is 2.74. The largest absolute Gasteiger partial charge is 0.152 e. The van der Waals surface area contributed by atoms with Crippen molar-refractivity contribution in [2.75, 3.05) is 0 Å². The predicted molar refractivity (Wildman–Crippen MR) is 83.9 cm³/mol. The summed E-state index contributed by atoms with van der Waals surface area (Å²) in [5.74, 6) is 0. The maximum absolute atomic E-state index is 6.11. The molecule has 0 N–H and O–H groups in total. The number of benzene rings is 1. The van der Waals surface area contributed by atoms with Gasteiger partial charge in [0.15, 0.2) is 0 Å². The molecule has 0 aliphatic rings. The van der Waals surface area contributed by atoms with E-state index in [1.165, 1.54) is 11.1 Å². The number of hydrogen-bond donors (Lipinski definition) is 0. The predicted octanol–water partition coefficient (Wildman–Crippen LogP) is 5.68. The van der Waals surface area contributed by atoms with Gasteiger partial charge in [-0.25, -0.2) is 0 Å². The SMILES string of the molecule is Clc1cc(C(Br)Cc2ccsc2)ccc1I. The fourth-order valence-electron chi connectivity index (χ4n) is 1.44. The highest BCUT2D eigenvalue weighted by Gasteiger charge is 2.10. The molecule has 1 heterocycles. The molecule has 1 atom stereocenters. The Bertz CT molecular complexity index is 470. The van der Waals surface area contributed by atoms with Gasteiger partial charge in [0.05, 0.1) is 5.02 Å². The van der Waals surface area contributed by atoms with Gasteiger partial charge in [0, 0.05) is 8.40 Å². The Morgan fingerprint density at radius 1 is 1.38 bits per heavy atom. The summed E-state index contributed by atoms with van der Waals surface area (Å²) in [6.45, 7) is 0. The third kappa shape index (κ3) is 3.22. The van der Waals surface area contributed by atoms with Gasteiger partial charge >= 0.3 is 0 Å². The van der Waals surface area contributed by atoms with Crippen molar-refractivity contribution in [1.82, 2.24) is 0 Å². The molecule has 0 saturated carbocycles. The van der Waals surface area contributed by atoms with Crippen molar-refractivity contribution in [3.8, 4) is 0 Å². The monoisotopic (exact) mass is 426 g/mol. The molecule has 2 aromatic rings. The van der Waals surface area contributed by atoms with E-state index in [0.717, 1.165) is 15.0 Å². The van der Waals surface area contributed by atoms with Crippen molar-refractivity contribution in [2.24, 2.45) is 0 Å². The Morgan fingerprint density at radius 3 is 2.81 bits per heavy atom. The van der Waals surface area contributed by atoms with Crippen LogP contribution >= 0.6 is 61.5 Å². The van der Waals surface area contributed by atoms with Gasteiger partial charge in [0.25, 0.3) is 0 Å². The van der Waals surface area contributed by atoms with Gasteiger partial charge in [-0.2, -0.15) is 11.3 Å². The van der Waals surface area contributed by atoms with Crippen molar-refractivity contribution >= 4 is 61.5 Å². The lowest BCUT2D eigenvalue weighted by Gasteiger charge is -2.10. The molecule has 2 rings (SSSR count). The smallest absolute Gasteiger partial charge is 0.0542 e. The Morgan fingerprint density at radius 2 is 2.19 bits per heavy atom. The van der Waals surface area contributed by atoms with E-state index in [0.29, 0.717) is 4.83 Å². The van der Waals surface area contributed by atoms with Gasteiger partial charge in [-0.15, -0.1) is 0 Å². The second-order valence-corrected chi connectivity index (χ2v) is 6.93. The summed E-state index contributed by atoms with van der Waals surface area (Å²) >= 11 is 13.8. The van der Waals surface area contributed by atoms with Crippen molar-refractivity contribution < 1.29 is 0 Å². The van der Waals surface area contributed by atoms with Gasteiger partial charge < -0.3 is 0 Å². The molecule has 0 spiro atoms. The molecule has 0 saturated heterocycles. The molecule has 0 bridgehead atoms. The molecule has 1 aromatic carbocycles. The summed E-state index contributed by atoms with van der Waals surface area (Å²) in [5, 5.41) is 5.12. The second-order valence-electron chi connectivity index (χ2n) is 3.48. The molecule has 0 aliphatic heterocycles. The summed E-state index contributed by atoms with van der Waals surface area (Å²) in [7, 11) is 0. The summed E-state index contributed by atoms with van der Waals surface area (Å²) in [6, 6.07) is 8.38. The second kappa shape index (κ2) is 5.85. The molecular weight excluding hydrogens is 418 g/mol. The normalized spacial score (nSPS) is 12.7. The first-order valence-electron chi connectivity index (χ1n) is 4.77. The van der Waals surface area contributed by atoms with Crippen molar-refractivity contribution in [2.45, 2.75) is 11.2 Å². The van der Waals surface area contributed by atoms with E-state index in [1.807, 2.05) is 6.07 Å². The summed E-state index contributed by atoms with van der Waals surface area (Å²) in [4.78, 5) is 0.330. The van der Waals surface area contributed by atoms with E-state index in [-0.39, 0.29) is 0 Å². The van der Waals surface area contributed by atoms with Crippen LogP contribution in [0.2, 0.25) is 5.02 Å². The molecule has 0 fully saturated rings. The molecule has 16 heavy (non-hydrogen) atoms. The first kappa shape index (κ1) is 12.9. The van der Waals surface area contributed by atoms with Gasteiger partial charge in [0.1, 0.15) is 0 Å². The highest BCUT2D eigenvalue weighted by molar-refractivity contribution is 14.1. The van der Waals surface area contributed by atoms with Crippen LogP contribution < -0.4 is 0 Å². The van der Waals surface area contributed by atoms with E-state index in [9.17, 15) is 0 Å². The summed E-state index contributed by atoms with van der Waals surface area (Å²) in [6.07, 6.45) is 1.00. The quantitative estimate of drug-likeness (QED) is 0.436. The van der Waals surface area contributed by atoms with E-state index >= 15 is 0 Å². The lowest BCUT2D eigenvalue weighted by Crippen LogP contribution is -1.94.